The van der Waals surface area contributed by atoms with Gasteiger partial charge >= 0.3 is 0 Å². The Bertz CT molecular complexity index is 227. The normalized spacial score (nSPS) is 14.2. The molecule has 0 saturated heterocycles. The molecular formula is C9H20ClNO2S. The minimum absolute atomic E-state index is 0.177. The van der Waals surface area contributed by atoms with Crippen molar-refractivity contribution in [2.45, 2.75) is 37.8 Å². The van der Waals surface area contributed by atoms with Crippen molar-refractivity contribution in [3.8, 4) is 0 Å². The van der Waals surface area contributed by atoms with E-state index in [1.807, 2.05) is 0 Å². The van der Waals surface area contributed by atoms with Crippen LogP contribution in [0, 0.1) is 0 Å². The molecule has 14 heavy (non-hydrogen) atoms. The van der Waals surface area contributed by atoms with E-state index in [-0.39, 0.29) is 5.75 Å². The van der Waals surface area contributed by atoms with Gasteiger partial charge in [-0.05, 0) is 32.9 Å². The van der Waals surface area contributed by atoms with Crippen molar-refractivity contribution >= 4 is 21.4 Å². The first-order valence-corrected chi connectivity index (χ1v) is 7.22. The molecule has 0 rings (SSSR count). The van der Waals surface area contributed by atoms with Crippen LogP contribution in [0.3, 0.4) is 0 Å². The van der Waals surface area contributed by atoms with Gasteiger partial charge in [-0.1, -0.05) is 13.3 Å². The molecule has 1 atom stereocenters. The largest absolute Gasteiger partial charge is 0.317 e. The van der Waals surface area contributed by atoms with Gasteiger partial charge in [-0.25, -0.2) is 8.42 Å². The molecule has 5 heteroatoms. The molecule has 0 aliphatic carbocycles. The summed E-state index contributed by atoms with van der Waals surface area (Å²) in [7, 11) is -3.07. The third-order valence-corrected chi connectivity index (χ3v) is 4.65. The van der Waals surface area contributed by atoms with E-state index in [4.69, 9.17) is 11.6 Å². The molecule has 0 bridgehead atoms. The maximum atomic E-state index is 11.3. The molecule has 0 aliphatic rings. The van der Waals surface area contributed by atoms with Crippen LogP contribution in [-0.2, 0) is 9.84 Å². The van der Waals surface area contributed by atoms with Crippen molar-refractivity contribution in [3.05, 3.63) is 0 Å². The second-order valence-electron chi connectivity index (χ2n) is 3.37. The molecule has 0 aromatic rings. The standard InChI is InChI=1S/C9H20ClNO2S/c1-3-4-6-11-7-5-8-14(12,13)9(2)10/h9,11H,3-8H2,1-2H3. The Balaban J connectivity index is 3.46. The smallest absolute Gasteiger partial charge is 0.166 e. The molecule has 86 valence electrons. The molecule has 0 saturated carbocycles. The van der Waals surface area contributed by atoms with Crippen molar-refractivity contribution < 1.29 is 8.42 Å². The van der Waals surface area contributed by atoms with Crippen LogP contribution >= 0.6 is 11.6 Å². The Kier molecular flexibility index (Phi) is 7.59. The Hall–Kier alpha value is 0.200. The van der Waals surface area contributed by atoms with Crippen LogP contribution in [-0.4, -0.2) is 32.0 Å². The average molecular weight is 242 g/mol. The van der Waals surface area contributed by atoms with Crippen molar-refractivity contribution in [3.63, 3.8) is 0 Å². The highest BCUT2D eigenvalue weighted by atomic mass is 35.5. The molecule has 0 fully saturated rings. The highest BCUT2D eigenvalue weighted by Crippen LogP contribution is 2.06. The number of sulfone groups is 1. The lowest BCUT2D eigenvalue weighted by Gasteiger charge is -2.06. The minimum atomic E-state index is -3.07. The van der Waals surface area contributed by atoms with Gasteiger partial charge in [-0.3, -0.25) is 0 Å². The lowest BCUT2D eigenvalue weighted by Crippen LogP contribution is -2.22. The van der Waals surface area contributed by atoms with Crippen molar-refractivity contribution in [1.29, 1.82) is 0 Å². The topological polar surface area (TPSA) is 46.2 Å². The fraction of sp³-hybridized carbons (Fsp3) is 1.00. The first kappa shape index (κ1) is 14.2. The summed E-state index contributed by atoms with van der Waals surface area (Å²) in [6.07, 6.45) is 2.94. The summed E-state index contributed by atoms with van der Waals surface area (Å²) < 4.78 is 21.8. The number of rotatable bonds is 8. The molecule has 1 unspecified atom stereocenters. The van der Waals surface area contributed by atoms with Crippen LogP contribution in [0.4, 0.5) is 0 Å². The van der Waals surface area contributed by atoms with E-state index in [0.717, 1.165) is 25.9 Å². The van der Waals surface area contributed by atoms with Crippen LogP contribution < -0.4 is 5.32 Å². The zero-order valence-electron chi connectivity index (χ0n) is 8.92. The average Bonchev–Trinajstić information content (AvgIpc) is 2.10. The fourth-order valence-electron chi connectivity index (χ4n) is 0.988. The SMILES string of the molecule is CCCCNCCCS(=O)(=O)C(C)Cl. The first-order chi connectivity index (χ1) is 6.50. The predicted octanol–water partition coefficient (Wildman–Crippen LogP) is 1.77. The Labute approximate surface area is 92.1 Å². The number of unbranched alkanes of at least 4 members (excludes halogenated alkanes) is 1. The zero-order valence-corrected chi connectivity index (χ0v) is 10.5. The Morgan fingerprint density at radius 2 is 1.86 bits per heavy atom. The molecule has 0 aliphatic heterocycles. The molecule has 0 radical (unpaired) electrons. The van der Waals surface area contributed by atoms with Crippen molar-refractivity contribution in [1.82, 2.24) is 5.32 Å². The quantitative estimate of drug-likeness (QED) is 0.521. The van der Waals surface area contributed by atoms with Gasteiger partial charge < -0.3 is 5.32 Å². The van der Waals surface area contributed by atoms with Gasteiger partial charge in [0.2, 0.25) is 0 Å². The summed E-state index contributed by atoms with van der Waals surface area (Å²) in [5.74, 6) is 0.177. The second kappa shape index (κ2) is 7.49. The number of nitrogens with one attached hydrogen (secondary N) is 1. The number of halogens is 1. The van der Waals surface area contributed by atoms with Gasteiger partial charge in [0.15, 0.2) is 9.84 Å². The Morgan fingerprint density at radius 3 is 2.36 bits per heavy atom. The van der Waals surface area contributed by atoms with Gasteiger partial charge in [-0.15, -0.1) is 11.6 Å². The minimum Gasteiger partial charge on any atom is -0.317 e. The van der Waals surface area contributed by atoms with Crippen LogP contribution in [0.1, 0.15) is 33.1 Å². The maximum absolute atomic E-state index is 11.3. The fourth-order valence-corrected chi connectivity index (χ4v) is 2.13. The lowest BCUT2D eigenvalue weighted by atomic mass is 10.3. The summed E-state index contributed by atoms with van der Waals surface area (Å²) in [6.45, 7) is 5.35. The number of hydrogen-bond acceptors (Lipinski definition) is 3. The molecule has 0 aromatic heterocycles. The molecule has 0 aromatic carbocycles. The third-order valence-electron chi connectivity index (χ3n) is 1.98. The third kappa shape index (κ3) is 6.62. The van der Waals surface area contributed by atoms with Gasteiger partial charge in [0.25, 0.3) is 0 Å². The van der Waals surface area contributed by atoms with Gasteiger partial charge in [-0.2, -0.15) is 0 Å². The van der Waals surface area contributed by atoms with E-state index in [1.54, 1.807) is 0 Å². The first-order valence-electron chi connectivity index (χ1n) is 5.07. The van der Waals surface area contributed by atoms with E-state index in [9.17, 15) is 8.42 Å². The van der Waals surface area contributed by atoms with E-state index >= 15 is 0 Å². The van der Waals surface area contributed by atoms with Crippen molar-refractivity contribution in [2.24, 2.45) is 0 Å². The van der Waals surface area contributed by atoms with Crippen LogP contribution in [0.2, 0.25) is 0 Å². The molecular weight excluding hydrogens is 222 g/mol. The predicted molar refractivity (Wildman–Crippen MR) is 61.5 cm³/mol. The highest BCUT2D eigenvalue weighted by molar-refractivity contribution is 7.93. The van der Waals surface area contributed by atoms with E-state index in [2.05, 4.69) is 12.2 Å². The van der Waals surface area contributed by atoms with E-state index < -0.39 is 14.5 Å². The Morgan fingerprint density at radius 1 is 1.29 bits per heavy atom. The van der Waals surface area contributed by atoms with Crippen molar-refractivity contribution in [2.75, 3.05) is 18.8 Å². The summed E-state index contributed by atoms with van der Waals surface area (Å²) >= 11 is 5.52. The van der Waals surface area contributed by atoms with Gasteiger partial charge in [0.1, 0.15) is 4.71 Å². The summed E-state index contributed by atoms with van der Waals surface area (Å²) in [4.78, 5) is 0. The number of hydrogen-bond donors (Lipinski definition) is 1. The second-order valence-corrected chi connectivity index (χ2v) is 6.72. The monoisotopic (exact) mass is 241 g/mol. The summed E-state index contributed by atoms with van der Waals surface area (Å²) in [5, 5.41) is 3.19. The summed E-state index contributed by atoms with van der Waals surface area (Å²) in [6, 6.07) is 0. The highest BCUT2D eigenvalue weighted by Gasteiger charge is 2.16. The lowest BCUT2D eigenvalue weighted by molar-refractivity contribution is 0.584. The van der Waals surface area contributed by atoms with Gasteiger partial charge in [0, 0.05) is 0 Å². The van der Waals surface area contributed by atoms with Crippen LogP contribution in [0.5, 0.6) is 0 Å². The molecule has 1 N–H and O–H groups in total. The van der Waals surface area contributed by atoms with Gasteiger partial charge in [0.05, 0.1) is 5.75 Å². The van der Waals surface area contributed by atoms with Crippen LogP contribution in [0.25, 0.3) is 0 Å². The van der Waals surface area contributed by atoms with E-state index in [1.165, 1.54) is 6.92 Å². The number of alkyl halides is 1. The van der Waals surface area contributed by atoms with E-state index in [0.29, 0.717) is 6.42 Å². The van der Waals surface area contributed by atoms with Crippen LogP contribution in [0.15, 0.2) is 0 Å². The maximum Gasteiger partial charge on any atom is 0.166 e. The summed E-state index contributed by atoms with van der Waals surface area (Å²) in [5.41, 5.74) is 0. The molecule has 0 spiro atoms. The zero-order chi connectivity index (χ0) is 11.0. The molecule has 0 heterocycles. The molecule has 0 amide bonds. The molecule has 3 nitrogen and oxygen atoms in total.